The third-order valence-electron chi connectivity index (χ3n) is 1.24. The average molecular weight is 192 g/mol. The fraction of sp³-hybridized carbons (Fsp3) is 0.333. The van der Waals surface area contributed by atoms with Crippen molar-refractivity contribution in [2.75, 3.05) is 0 Å². The van der Waals surface area contributed by atoms with Crippen molar-refractivity contribution in [3.05, 3.63) is 36.1 Å². The maximum absolute atomic E-state index is 11.8. The maximum Gasteiger partial charge on any atom is 0.573 e. The summed E-state index contributed by atoms with van der Waals surface area (Å²) in [6.45, 7) is 6.46. The first-order valence-corrected chi connectivity index (χ1v) is 3.62. The van der Waals surface area contributed by atoms with E-state index in [2.05, 4.69) is 11.3 Å². The summed E-state index contributed by atoms with van der Waals surface area (Å²) in [6.07, 6.45) is -0.640. The van der Waals surface area contributed by atoms with Crippen molar-refractivity contribution in [2.24, 2.45) is 0 Å². The van der Waals surface area contributed by atoms with Crippen molar-refractivity contribution < 1.29 is 17.9 Å². The molecule has 0 aromatic rings. The zero-order chi connectivity index (χ0) is 10.5. The summed E-state index contributed by atoms with van der Waals surface area (Å²) in [4.78, 5) is 0. The van der Waals surface area contributed by atoms with Crippen LogP contribution in [0.4, 0.5) is 13.2 Å². The molecule has 0 atom stereocenters. The molecule has 1 nitrogen and oxygen atoms in total. The Hall–Kier alpha value is -1.19. The molecular weight excluding hydrogens is 181 g/mol. The Morgan fingerprint density at radius 1 is 1.38 bits per heavy atom. The number of hydrogen-bond donors (Lipinski definition) is 0. The fourth-order valence-corrected chi connectivity index (χ4v) is 0.623. The molecule has 0 amide bonds. The highest BCUT2D eigenvalue weighted by atomic mass is 19.4. The van der Waals surface area contributed by atoms with E-state index in [4.69, 9.17) is 0 Å². The van der Waals surface area contributed by atoms with Crippen LogP contribution in [0.25, 0.3) is 0 Å². The molecule has 13 heavy (non-hydrogen) atoms. The minimum Gasteiger partial charge on any atom is -0.406 e. The standard InChI is InChI=1S/C9H11F3O/c1-4-6-8(7(3)5-2)13-9(10,11)12/h4-6H,2H2,1,3H3/b6-4-,8-7+. The second kappa shape index (κ2) is 4.74. The molecule has 0 unspecified atom stereocenters. The van der Waals surface area contributed by atoms with Crippen molar-refractivity contribution in [1.82, 2.24) is 0 Å². The molecule has 0 saturated heterocycles. The number of halogens is 3. The Balaban J connectivity index is 4.74. The maximum atomic E-state index is 11.8. The average Bonchev–Trinajstić information content (AvgIpc) is 2.00. The molecule has 0 aliphatic carbocycles. The Labute approximate surface area is 75.2 Å². The molecule has 0 heterocycles. The van der Waals surface area contributed by atoms with Gasteiger partial charge in [-0.25, -0.2) is 0 Å². The van der Waals surface area contributed by atoms with Gasteiger partial charge in [0, 0.05) is 0 Å². The highest BCUT2D eigenvalue weighted by molar-refractivity contribution is 5.25. The van der Waals surface area contributed by atoms with E-state index >= 15 is 0 Å². The lowest BCUT2D eigenvalue weighted by atomic mass is 10.2. The predicted octanol–water partition coefficient (Wildman–Crippen LogP) is 3.56. The molecule has 0 saturated carbocycles. The summed E-state index contributed by atoms with van der Waals surface area (Å²) in [6, 6.07) is 0. The summed E-state index contributed by atoms with van der Waals surface area (Å²) in [5.41, 5.74) is 0.343. The Kier molecular flexibility index (Phi) is 4.31. The molecule has 0 bridgehead atoms. The lowest BCUT2D eigenvalue weighted by Crippen LogP contribution is -2.12. The third kappa shape index (κ3) is 5.11. The van der Waals surface area contributed by atoms with Gasteiger partial charge in [-0.2, -0.15) is 0 Å². The first-order valence-electron chi connectivity index (χ1n) is 3.62. The number of hydrogen-bond acceptors (Lipinski definition) is 1. The first-order chi connectivity index (χ1) is 5.90. The van der Waals surface area contributed by atoms with E-state index in [-0.39, 0.29) is 5.76 Å². The summed E-state index contributed by atoms with van der Waals surface area (Å²) >= 11 is 0. The molecule has 74 valence electrons. The van der Waals surface area contributed by atoms with Crippen molar-refractivity contribution in [3.8, 4) is 0 Å². The first kappa shape index (κ1) is 11.8. The number of rotatable bonds is 3. The molecule has 0 aromatic heterocycles. The molecule has 0 aliphatic heterocycles. The molecule has 0 rings (SSSR count). The van der Waals surface area contributed by atoms with Gasteiger partial charge in [0.25, 0.3) is 0 Å². The van der Waals surface area contributed by atoms with Gasteiger partial charge in [0.2, 0.25) is 0 Å². The van der Waals surface area contributed by atoms with Crippen LogP contribution in [0.5, 0.6) is 0 Å². The van der Waals surface area contributed by atoms with E-state index in [1.165, 1.54) is 25.2 Å². The topological polar surface area (TPSA) is 9.23 Å². The van der Waals surface area contributed by atoms with Gasteiger partial charge in [-0.3, -0.25) is 0 Å². The van der Waals surface area contributed by atoms with E-state index in [0.29, 0.717) is 5.57 Å². The molecule has 0 aromatic carbocycles. The molecule has 0 fully saturated rings. The van der Waals surface area contributed by atoms with Crippen molar-refractivity contribution in [2.45, 2.75) is 20.2 Å². The van der Waals surface area contributed by atoms with Gasteiger partial charge >= 0.3 is 6.36 Å². The minimum atomic E-state index is -4.65. The van der Waals surface area contributed by atoms with Crippen LogP contribution in [-0.2, 0) is 4.74 Å². The van der Waals surface area contributed by atoms with Crippen molar-refractivity contribution >= 4 is 0 Å². The monoisotopic (exact) mass is 192 g/mol. The lowest BCUT2D eigenvalue weighted by molar-refractivity contribution is -0.303. The van der Waals surface area contributed by atoms with E-state index in [1.807, 2.05) is 0 Å². The van der Waals surface area contributed by atoms with Crippen LogP contribution in [-0.4, -0.2) is 6.36 Å². The summed E-state index contributed by atoms with van der Waals surface area (Å²) < 4.78 is 39.2. The molecule has 0 N–H and O–H groups in total. The lowest BCUT2D eigenvalue weighted by Gasteiger charge is -2.10. The van der Waals surface area contributed by atoms with Crippen LogP contribution in [0.15, 0.2) is 36.1 Å². The number of alkyl halides is 3. The minimum absolute atomic E-state index is 0.231. The van der Waals surface area contributed by atoms with Gasteiger partial charge < -0.3 is 4.74 Å². The van der Waals surface area contributed by atoms with Crippen molar-refractivity contribution in [1.29, 1.82) is 0 Å². The van der Waals surface area contributed by atoms with Gasteiger partial charge in [0.05, 0.1) is 0 Å². The SMILES string of the molecule is C=C/C(C)=C(\C=C/C)OC(F)(F)F. The number of allylic oxidation sites excluding steroid dienone is 4. The van der Waals surface area contributed by atoms with Gasteiger partial charge in [-0.1, -0.05) is 18.7 Å². The van der Waals surface area contributed by atoms with Crippen LogP contribution >= 0.6 is 0 Å². The van der Waals surface area contributed by atoms with E-state index < -0.39 is 6.36 Å². The van der Waals surface area contributed by atoms with Crippen LogP contribution < -0.4 is 0 Å². The quantitative estimate of drug-likeness (QED) is 0.490. The Bertz CT molecular complexity index is 236. The predicted molar refractivity (Wildman–Crippen MR) is 44.9 cm³/mol. The normalized spacial score (nSPS) is 14.2. The smallest absolute Gasteiger partial charge is 0.406 e. The van der Waals surface area contributed by atoms with Gasteiger partial charge in [0.1, 0.15) is 5.76 Å². The summed E-state index contributed by atoms with van der Waals surface area (Å²) in [5, 5.41) is 0. The Morgan fingerprint density at radius 3 is 2.23 bits per heavy atom. The largest absolute Gasteiger partial charge is 0.573 e. The molecule has 0 aliphatic rings. The zero-order valence-electron chi connectivity index (χ0n) is 7.48. The highest BCUT2D eigenvalue weighted by Crippen LogP contribution is 2.23. The second-order valence-electron chi connectivity index (χ2n) is 2.30. The zero-order valence-corrected chi connectivity index (χ0v) is 7.48. The third-order valence-corrected chi connectivity index (χ3v) is 1.24. The summed E-state index contributed by atoms with van der Waals surface area (Å²) in [7, 11) is 0. The van der Waals surface area contributed by atoms with Crippen LogP contribution in [0, 0.1) is 0 Å². The van der Waals surface area contributed by atoms with E-state index in [0.717, 1.165) is 0 Å². The highest BCUT2D eigenvalue weighted by Gasteiger charge is 2.31. The fourth-order valence-electron chi connectivity index (χ4n) is 0.623. The molecule has 0 radical (unpaired) electrons. The van der Waals surface area contributed by atoms with E-state index in [9.17, 15) is 13.2 Å². The number of ether oxygens (including phenoxy) is 1. The molecule has 0 spiro atoms. The molecule has 4 heteroatoms. The van der Waals surface area contributed by atoms with Crippen molar-refractivity contribution in [3.63, 3.8) is 0 Å². The Morgan fingerprint density at radius 2 is 1.92 bits per heavy atom. The van der Waals surface area contributed by atoms with Gasteiger partial charge in [0.15, 0.2) is 0 Å². The van der Waals surface area contributed by atoms with Crippen LogP contribution in [0.3, 0.4) is 0 Å². The van der Waals surface area contributed by atoms with Gasteiger partial charge in [-0.15, -0.1) is 13.2 Å². The van der Waals surface area contributed by atoms with Gasteiger partial charge in [-0.05, 0) is 25.5 Å². The molecular formula is C9H11F3O. The van der Waals surface area contributed by atoms with Crippen LogP contribution in [0.2, 0.25) is 0 Å². The van der Waals surface area contributed by atoms with Crippen LogP contribution in [0.1, 0.15) is 13.8 Å². The van der Waals surface area contributed by atoms with E-state index in [1.54, 1.807) is 6.92 Å². The summed E-state index contributed by atoms with van der Waals surface area (Å²) in [5.74, 6) is -0.231. The second-order valence-corrected chi connectivity index (χ2v) is 2.30.